The van der Waals surface area contributed by atoms with Gasteiger partial charge in [0.15, 0.2) is 0 Å². The molecule has 0 radical (unpaired) electrons. The molecule has 0 bridgehead atoms. The first-order valence-electron chi connectivity index (χ1n) is 15.6. The highest BCUT2D eigenvalue weighted by atomic mass is 19.1. The van der Waals surface area contributed by atoms with Crippen LogP contribution < -0.4 is 11.1 Å². The van der Waals surface area contributed by atoms with Gasteiger partial charge in [0, 0.05) is 44.0 Å². The number of fused-ring (bicyclic) bond motifs is 1. The van der Waals surface area contributed by atoms with Crippen molar-refractivity contribution >= 4 is 22.7 Å². The number of aryl methyl sites for hydroxylation is 1. The fourth-order valence-electron chi connectivity index (χ4n) is 7.10. The number of hydrogen-bond acceptors (Lipinski definition) is 4. The third-order valence-corrected chi connectivity index (χ3v) is 9.02. The van der Waals surface area contributed by atoms with Crippen molar-refractivity contribution in [3.63, 3.8) is 0 Å². The summed E-state index contributed by atoms with van der Waals surface area (Å²) in [6, 6.07) is 13.4. The maximum atomic E-state index is 14.5. The summed E-state index contributed by atoms with van der Waals surface area (Å²) in [5.74, 6) is -2.63. The number of rotatable bonds is 14. The van der Waals surface area contributed by atoms with E-state index in [1.165, 1.54) is 0 Å². The molecule has 0 saturated heterocycles. The van der Waals surface area contributed by atoms with Crippen LogP contribution in [0.4, 0.5) is 8.78 Å². The van der Waals surface area contributed by atoms with Crippen LogP contribution in [0.3, 0.4) is 0 Å². The van der Waals surface area contributed by atoms with E-state index < -0.39 is 34.5 Å². The van der Waals surface area contributed by atoms with Gasteiger partial charge in [-0.05, 0) is 87.2 Å². The van der Waals surface area contributed by atoms with Crippen LogP contribution in [0.25, 0.3) is 10.9 Å². The molecule has 4 N–H and O–H groups in total. The molecule has 1 heterocycles. The molecule has 0 saturated carbocycles. The number of aliphatic hydroxyl groups is 1. The van der Waals surface area contributed by atoms with E-state index in [1.54, 1.807) is 11.0 Å². The lowest BCUT2D eigenvalue weighted by atomic mass is 9.57. The Morgan fingerprint density at radius 2 is 1.75 bits per heavy atom. The number of hydrogen-bond donors (Lipinski definition) is 3. The molecule has 2 amide bonds. The summed E-state index contributed by atoms with van der Waals surface area (Å²) in [5.41, 5.74) is 6.13. The normalized spacial score (nSPS) is 21.8. The molecule has 0 fully saturated rings. The van der Waals surface area contributed by atoms with Gasteiger partial charge in [0.2, 0.25) is 11.8 Å². The highest BCUT2D eigenvalue weighted by Crippen LogP contribution is 2.51. The number of halogens is 2. The highest BCUT2D eigenvalue weighted by molar-refractivity contribution is 5.90. The number of amides is 2. The molecule has 0 spiro atoms. The van der Waals surface area contributed by atoms with E-state index >= 15 is 0 Å². The molecular formula is C35H46F2N4O3. The molecule has 1 aromatic heterocycles. The highest BCUT2D eigenvalue weighted by Gasteiger charge is 2.59. The maximum Gasteiger partial charge on any atom is 0.231 e. The number of nitrogens with one attached hydrogen (secondary N) is 1. The van der Waals surface area contributed by atoms with E-state index in [0.29, 0.717) is 39.0 Å². The molecule has 4 rings (SSSR count). The third-order valence-electron chi connectivity index (χ3n) is 9.02. The van der Waals surface area contributed by atoms with Gasteiger partial charge in [-0.1, -0.05) is 43.7 Å². The quantitative estimate of drug-likeness (QED) is 0.169. The van der Waals surface area contributed by atoms with Crippen LogP contribution in [-0.2, 0) is 29.6 Å². The van der Waals surface area contributed by atoms with Crippen LogP contribution in [0.15, 0.2) is 60.2 Å². The second-order valence-corrected chi connectivity index (χ2v) is 12.4. The van der Waals surface area contributed by atoms with Crippen LogP contribution in [0.5, 0.6) is 0 Å². The van der Waals surface area contributed by atoms with Gasteiger partial charge >= 0.3 is 0 Å². The molecule has 0 aliphatic heterocycles. The molecule has 3 aromatic rings. The summed E-state index contributed by atoms with van der Waals surface area (Å²) in [4.78, 5) is 29.5. The summed E-state index contributed by atoms with van der Waals surface area (Å²) < 4.78 is 30.5. The largest absolute Gasteiger partial charge is 0.391 e. The van der Waals surface area contributed by atoms with Gasteiger partial charge in [0.25, 0.3) is 0 Å². The minimum absolute atomic E-state index is 0.184. The number of benzene rings is 2. The van der Waals surface area contributed by atoms with E-state index in [9.17, 15) is 23.5 Å². The van der Waals surface area contributed by atoms with E-state index in [0.717, 1.165) is 53.2 Å². The number of carbonyl (C=O) groups is 2. The van der Waals surface area contributed by atoms with Gasteiger partial charge in [-0.3, -0.25) is 9.59 Å². The van der Waals surface area contributed by atoms with Crippen molar-refractivity contribution in [2.24, 2.45) is 23.6 Å². The Kier molecular flexibility index (Phi) is 10.6. The molecule has 44 heavy (non-hydrogen) atoms. The zero-order chi connectivity index (χ0) is 32.1. The lowest BCUT2D eigenvalue weighted by Gasteiger charge is -2.50. The lowest BCUT2D eigenvalue weighted by molar-refractivity contribution is -0.162. The van der Waals surface area contributed by atoms with Gasteiger partial charge in [-0.2, -0.15) is 0 Å². The molecule has 238 valence electrons. The van der Waals surface area contributed by atoms with E-state index in [-0.39, 0.29) is 24.3 Å². The minimum Gasteiger partial charge on any atom is -0.391 e. The smallest absolute Gasteiger partial charge is 0.231 e. The number of nitrogens with zero attached hydrogens (tertiary/aromatic N) is 2. The standard InChI is InChI=1S/C35H46F2N4O3/c1-5-14-41(15-6-2)33(44)34(12-9-13-39-23-29-18-26-10-7-8-11-30(26)40(29)4)20-24(3)21-35(31(34)42,32(38)43)22-25-16-27(36)19-28(37)17-25/h7-8,10-11,16-19,21,31,39,42H,5-6,9,12-15,20,22-23H2,1-4H3,(H2,38,43)/t31-,34?,35-/m1/s1. The van der Waals surface area contributed by atoms with Crippen molar-refractivity contribution in [3.8, 4) is 0 Å². The molecule has 3 atom stereocenters. The molecule has 1 aliphatic rings. The summed E-state index contributed by atoms with van der Waals surface area (Å²) in [6.07, 6.45) is 2.47. The van der Waals surface area contributed by atoms with Crippen molar-refractivity contribution in [2.45, 2.75) is 71.9 Å². The molecule has 1 aliphatic carbocycles. The summed E-state index contributed by atoms with van der Waals surface area (Å²) in [5, 5.41) is 16.9. The van der Waals surface area contributed by atoms with Crippen molar-refractivity contribution in [2.75, 3.05) is 19.6 Å². The Balaban J connectivity index is 1.64. The SMILES string of the molecule is CCCN(CCC)C(=O)C1(CCCNCc2cc3ccccc3n2C)CC(C)=C[C@](Cc2cc(F)cc(F)c2)(C(N)=O)[C@@H]1O. The Morgan fingerprint density at radius 3 is 2.36 bits per heavy atom. The zero-order valence-electron chi connectivity index (χ0n) is 26.3. The fraction of sp³-hybridized carbons (Fsp3) is 0.486. The Labute approximate surface area is 259 Å². The molecule has 1 unspecified atom stereocenters. The van der Waals surface area contributed by atoms with Gasteiger partial charge in [0.05, 0.1) is 16.9 Å². The van der Waals surface area contributed by atoms with Crippen molar-refractivity contribution < 1.29 is 23.5 Å². The van der Waals surface area contributed by atoms with Gasteiger partial charge in [-0.25, -0.2) is 8.78 Å². The predicted octanol–water partition coefficient (Wildman–Crippen LogP) is 5.39. The van der Waals surface area contributed by atoms with E-state index in [4.69, 9.17) is 5.73 Å². The zero-order valence-corrected chi connectivity index (χ0v) is 26.3. The minimum atomic E-state index is -1.72. The van der Waals surface area contributed by atoms with Crippen molar-refractivity contribution in [3.05, 3.63) is 83.1 Å². The monoisotopic (exact) mass is 608 g/mol. The van der Waals surface area contributed by atoms with Gasteiger partial charge in [0.1, 0.15) is 11.6 Å². The van der Waals surface area contributed by atoms with Crippen molar-refractivity contribution in [1.29, 1.82) is 0 Å². The third kappa shape index (κ3) is 6.74. The molecule has 9 heteroatoms. The molecule has 2 aromatic carbocycles. The number of nitrogens with two attached hydrogens (primary N) is 1. The van der Waals surface area contributed by atoms with Crippen molar-refractivity contribution in [1.82, 2.24) is 14.8 Å². The average molecular weight is 609 g/mol. The van der Waals surface area contributed by atoms with Gasteiger partial charge in [-0.15, -0.1) is 0 Å². The number of primary amides is 1. The summed E-state index contributed by atoms with van der Waals surface area (Å²) >= 11 is 0. The van der Waals surface area contributed by atoms with Crippen LogP contribution in [0, 0.1) is 22.5 Å². The number of para-hydroxylation sites is 1. The number of carbonyl (C=O) groups excluding carboxylic acids is 2. The summed E-state index contributed by atoms with van der Waals surface area (Å²) in [7, 11) is 2.03. The summed E-state index contributed by atoms with van der Waals surface area (Å²) in [6.45, 7) is 8.04. The number of allylic oxidation sites excluding steroid dienone is 1. The number of aliphatic hydroxyl groups excluding tert-OH is 1. The van der Waals surface area contributed by atoms with Crippen LogP contribution in [0.1, 0.15) is 64.1 Å². The first-order chi connectivity index (χ1) is 21.0. The topological polar surface area (TPSA) is 101 Å². The maximum absolute atomic E-state index is 14.5. The van der Waals surface area contributed by atoms with Gasteiger partial charge < -0.3 is 25.6 Å². The second-order valence-electron chi connectivity index (χ2n) is 12.4. The molecule has 7 nitrogen and oxygen atoms in total. The van der Waals surface area contributed by atoms with Crippen LogP contribution >= 0.6 is 0 Å². The Hall–Kier alpha value is -3.56. The Morgan fingerprint density at radius 1 is 1.09 bits per heavy atom. The first-order valence-corrected chi connectivity index (χ1v) is 15.6. The van der Waals surface area contributed by atoms with Crippen LogP contribution in [-0.4, -0.2) is 52.1 Å². The first kappa shape index (κ1) is 33.3. The average Bonchev–Trinajstić information content (AvgIpc) is 3.29. The van der Waals surface area contributed by atoms with Crippen LogP contribution in [0.2, 0.25) is 0 Å². The lowest BCUT2D eigenvalue weighted by Crippen LogP contribution is -2.62. The fourth-order valence-corrected chi connectivity index (χ4v) is 7.10. The number of aromatic nitrogens is 1. The Bertz CT molecular complexity index is 1490. The van der Waals surface area contributed by atoms with E-state index in [2.05, 4.69) is 28.1 Å². The predicted molar refractivity (Wildman–Crippen MR) is 170 cm³/mol. The molecular weight excluding hydrogens is 562 g/mol. The second kappa shape index (κ2) is 14.0. The van der Waals surface area contributed by atoms with E-state index in [1.807, 2.05) is 40.0 Å².